The molecule has 4 nitrogen and oxygen atoms in total. The lowest BCUT2D eigenvalue weighted by Crippen LogP contribution is -2.18. The third-order valence-corrected chi connectivity index (χ3v) is 3.15. The number of benzene rings is 1. The highest BCUT2D eigenvalue weighted by Crippen LogP contribution is 2.23. The molecule has 0 aliphatic heterocycles. The quantitative estimate of drug-likeness (QED) is 0.640. The molecule has 2 N–H and O–H groups in total. The van der Waals surface area contributed by atoms with Crippen molar-refractivity contribution in [2.45, 2.75) is 23.7 Å². The van der Waals surface area contributed by atoms with Gasteiger partial charge in [-0.2, -0.15) is 0 Å². The molecule has 2 atom stereocenters. The van der Waals surface area contributed by atoms with E-state index in [0.29, 0.717) is 5.56 Å². The zero-order valence-corrected chi connectivity index (χ0v) is 11.9. The summed E-state index contributed by atoms with van der Waals surface area (Å²) in [6, 6.07) is 4.51. The van der Waals surface area contributed by atoms with Crippen molar-refractivity contribution >= 4 is 39.3 Å². The molecule has 1 aromatic carbocycles. The zero-order chi connectivity index (χ0) is 13.9. The fraction of sp³-hybridized carbons (Fsp3) is 0.333. The van der Waals surface area contributed by atoms with Crippen molar-refractivity contribution in [2.75, 3.05) is 0 Å². The molecule has 0 heterocycles. The lowest BCUT2D eigenvalue weighted by molar-refractivity contribution is -0.146. The van der Waals surface area contributed by atoms with E-state index < -0.39 is 16.9 Å². The van der Waals surface area contributed by atoms with Gasteiger partial charge in [-0.25, -0.2) is 4.79 Å². The molecule has 1 aromatic rings. The maximum Gasteiger partial charge on any atom is 0.337 e. The first-order valence-corrected chi connectivity index (χ1v) is 6.61. The van der Waals surface area contributed by atoms with Gasteiger partial charge >= 0.3 is 5.97 Å². The predicted molar refractivity (Wildman–Crippen MR) is 71.3 cm³/mol. The molecule has 0 saturated carbocycles. The van der Waals surface area contributed by atoms with Crippen LogP contribution < -0.4 is 0 Å². The van der Waals surface area contributed by atoms with E-state index in [4.69, 9.17) is 16.7 Å². The molecule has 0 radical (unpaired) electrons. The number of rotatable bonds is 5. The second-order valence-electron chi connectivity index (χ2n) is 3.78. The molecule has 0 saturated heterocycles. The van der Waals surface area contributed by atoms with Crippen molar-refractivity contribution in [3.05, 3.63) is 34.9 Å². The molecule has 0 aromatic heterocycles. The van der Waals surface area contributed by atoms with Crippen LogP contribution in [0.25, 0.3) is 0 Å². The number of hydrogen-bond donors (Lipinski definition) is 2. The van der Waals surface area contributed by atoms with E-state index >= 15 is 0 Å². The minimum Gasteiger partial charge on any atom is -0.479 e. The number of carboxylic acids is 1. The molecule has 0 spiro atoms. The summed E-state index contributed by atoms with van der Waals surface area (Å²) in [6.45, 7) is 1.63. The molecule has 0 amide bonds. The Morgan fingerprint density at radius 2 is 2.06 bits per heavy atom. The van der Waals surface area contributed by atoms with Crippen LogP contribution in [0.4, 0.5) is 0 Å². The van der Waals surface area contributed by atoms with Gasteiger partial charge in [-0.1, -0.05) is 28.1 Å². The zero-order valence-electron chi connectivity index (χ0n) is 9.56. The van der Waals surface area contributed by atoms with Gasteiger partial charge in [-0.3, -0.25) is 4.79 Å². The van der Waals surface area contributed by atoms with Gasteiger partial charge in [0, 0.05) is 17.0 Å². The second kappa shape index (κ2) is 6.31. The minimum absolute atomic E-state index is 0.0765. The van der Waals surface area contributed by atoms with Crippen molar-refractivity contribution in [2.24, 2.45) is 0 Å². The van der Waals surface area contributed by atoms with Crippen molar-refractivity contribution in [1.29, 1.82) is 0 Å². The highest BCUT2D eigenvalue weighted by molar-refractivity contribution is 9.10. The fourth-order valence-electron chi connectivity index (χ4n) is 1.49. The Labute approximate surface area is 118 Å². The Balaban J connectivity index is 3.33. The number of halogens is 2. The molecule has 0 bridgehead atoms. The maximum atomic E-state index is 12.0. The van der Waals surface area contributed by atoms with Crippen LogP contribution in [0.3, 0.4) is 0 Å². The fourth-order valence-corrected chi connectivity index (χ4v) is 1.90. The van der Waals surface area contributed by atoms with Gasteiger partial charge in [0.15, 0.2) is 11.9 Å². The van der Waals surface area contributed by atoms with Gasteiger partial charge in [0.25, 0.3) is 0 Å². The average molecular weight is 336 g/mol. The number of hydrogen-bond acceptors (Lipinski definition) is 3. The number of aliphatic hydroxyl groups is 1. The van der Waals surface area contributed by atoms with Gasteiger partial charge in [-0.05, 0) is 18.6 Å². The molecule has 0 aliphatic carbocycles. The van der Waals surface area contributed by atoms with E-state index in [1.165, 1.54) is 12.1 Å². The van der Waals surface area contributed by atoms with E-state index in [1.807, 2.05) is 0 Å². The number of carbonyl (C=O) groups excluding carboxylic acids is 1. The topological polar surface area (TPSA) is 74.6 Å². The van der Waals surface area contributed by atoms with Gasteiger partial charge in [0.05, 0.1) is 4.83 Å². The Hall–Kier alpha value is -0.910. The molecule has 98 valence electrons. The van der Waals surface area contributed by atoms with Crippen LogP contribution >= 0.6 is 27.5 Å². The molecular formula is C12H12BrClO4. The normalized spacial score (nSPS) is 14.0. The minimum atomic E-state index is -1.72. The summed E-state index contributed by atoms with van der Waals surface area (Å²) in [6.07, 6.45) is -1.72. The van der Waals surface area contributed by atoms with Crippen LogP contribution in [-0.2, 0) is 10.7 Å². The molecule has 0 fully saturated rings. The summed E-state index contributed by atoms with van der Waals surface area (Å²) in [7, 11) is 0. The summed E-state index contributed by atoms with van der Waals surface area (Å²) < 4.78 is 0. The Morgan fingerprint density at radius 3 is 2.50 bits per heavy atom. The maximum absolute atomic E-state index is 12.0. The van der Waals surface area contributed by atoms with Crippen molar-refractivity contribution in [3.63, 3.8) is 0 Å². The third-order valence-electron chi connectivity index (χ3n) is 2.43. The van der Waals surface area contributed by atoms with Crippen LogP contribution in [0, 0.1) is 0 Å². The lowest BCUT2D eigenvalue weighted by atomic mass is 9.96. The molecule has 6 heteroatoms. The van der Waals surface area contributed by atoms with E-state index in [-0.39, 0.29) is 22.8 Å². The van der Waals surface area contributed by atoms with Crippen molar-refractivity contribution in [3.8, 4) is 0 Å². The van der Waals surface area contributed by atoms with Gasteiger partial charge in [-0.15, -0.1) is 11.6 Å². The molecule has 1 rings (SSSR count). The number of aliphatic hydroxyl groups excluding tert-OH is 1. The van der Waals surface area contributed by atoms with Crippen molar-refractivity contribution in [1.82, 2.24) is 0 Å². The second-order valence-corrected chi connectivity index (χ2v) is 5.42. The Morgan fingerprint density at radius 1 is 1.44 bits per heavy atom. The van der Waals surface area contributed by atoms with Crippen LogP contribution in [0.2, 0.25) is 0 Å². The molecular weight excluding hydrogens is 323 g/mol. The van der Waals surface area contributed by atoms with Gasteiger partial charge in [0.2, 0.25) is 0 Å². The van der Waals surface area contributed by atoms with Gasteiger partial charge < -0.3 is 10.2 Å². The summed E-state index contributed by atoms with van der Waals surface area (Å²) in [5.74, 6) is -1.48. The standard InChI is InChI=1S/C12H12BrClO4/c1-6(13)10(15)9-4-7(5-14)2-3-8(9)11(16)12(17)18/h2-4,6,11,16H,5H2,1H3,(H,17,18). The van der Waals surface area contributed by atoms with Crippen LogP contribution in [0.5, 0.6) is 0 Å². The monoisotopic (exact) mass is 334 g/mol. The van der Waals surface area contributed by atoms with Gasteiger partial charge in [0.1, 0.15) is 0 Å². The highest BCUT2D eigenvalue weighted by atomic mass is 79.9. The smallest absolute Gasteiger partial charge is 0.337 e. The number of carbonyl (C=O) groups is 2. The lowest BCUT2D eigenvalue weighted by Gasteiger charge is -2.13. The molecule has 0 aliphatic rings. The number of alkyl halides is 2. The van der Waals surface area contributed by atoms with Crippen LogP contribution in [0.15, 0.2) is 18.2 Å². The number of carboxylic acid groups (broad SMARTS) is 1. The van der Waals surface area contributed by atoms with E-state index in [9.17, 15) is 14.7 Å². The largest absolute Gasteiger partial charge is 0.479 e. The SMILES string of the molecule is CC(Br)C(=O)c1cc(CCl)ccc1C(O)C(=O)O. The first-order valence-electron chi connectivity index (χ1n) is 5.16. The molecule has 2 unspecified atom stereocenters. The van der Waals surface area contributed by atoms with Crippen molar-refractivity contribution < 1.29 is 19.8 Å². The third kappa shape index (κ3) is 3.31. The average Bonchev–Trinajstić information content (AvgIpc) is 2.35. The summed E-state index contributed by atoms with van der Waals surface area (Å²) in [5, 5.41) is 18.4. The highest BCUT2D eigenvalue weighted by Gasteiger charge is 2.24. The summed E-state index contributed by atoms with van der Waals surface area (Å²) in [4.78, 5) is 22.3. The summed E-state index contributed by atoms with van der Waals surface area (Å²) in [5.41, 5.74) is 0.939. The Kier molecular flexibility index (Phi) is 5.31. The van der Waals surface area contributed by atoms with Crippen LogP contribution in [0.1, 0.15) is 34.5 Å². The van der Waals surface area contributed by atoms with E-state index in [1.54, 1.807) is 13.0 Å². The van der Waals surface area contributed by atoms with E-state index in [0.717, 1.165) is 0 Å². The molecule has 18 heavy (non-hydrogen) atoms. The number of ketones is 1. The summed E-state index contributed by atoms with van der Waals surface area (Å²) >= 11 is 8.81. The number of Topliss-reactive ketones (excluding diaryl/α,β-unsaturated/α-hetero) is 1. The Bertz CT molecular complexity index is 473. The first-order chi connectivity index (χ1) is 8.38. The first kappa shape index (κ1) is 15.1. The van der Waals surface area contributed by atoms with Crippen LogP contribution in [-0.4, -0.2) is 26.8 Å². The predicted octanol–water partition coefficient (Wildman–Crippen LogP) is 2.51. The number of aliphatic carboxylic acids is 1. The van der Waals surface area contributed by atoms with E-state index in [2.05, 4.69) is 15.9 Å².